The Hall–Kier alpha value is -4.78. The van der Waals surface area contributed by atoms with Gasteiger partial charge in [-0.3, -0.25) is 4.98 Å². The summed E-state index contributed by atoms with van der Waals surface area (Å²) in [6.07, 6.45) is 5.13. The van der Waals surface area contributed by atoms with Crippen LogP contribution in [0.5, 0.6) is 17.4 Å². The molecule has 6 aromatic rings. The Morgan fingerprint density at radius 2 is 1.74 bits per heavy atom. The van der Waals surface area contributed by atoms with Crippen molar-refractivity contribution in [2.24, 2.45) is 0 Å². The van der Waals surface area contributed by atoms with E-state index in [1.54, 1.807) is 30.3 Å². The highest BCUT2D eigenvalue weighted by atomic mass is 16.5. The summed E-state index contributed by atoms with van der Waals surface area (Å²) < 4.78 is 13.6. The molecular formula is C28H19N5O2. The molecule has 7 heteroatoms. The van der Waals surface area contributed by atoms with Crippen LogP contribution in [-0.4, -0.2) is 31.7 Å². The molecule has 0 spiro atoms. The number of fused-ring (bicyclic) bond motifs is 6. The number of aromatic nitrogens is 5. The minimum Gasteiger partial charge on any atom is -0.497 e. The van der Waals surface area contributed by atoms with Crippen molar-refractivity contribution in [1.82, 2.24) is 24.6 Å². The molecule has 0 N–H and O–H groups in total. The molecule has 7 rings (SSSR count). The van der Waals surface area contributed by atoms with Crippen molar-refractivity contribution in [3.8, 4) is 28.8 Å². The summed E-state index contributed by atoms with van der Waals surface area (Å²) in [7, 11) is 1.67. The standard InChI is InChI=1S/C28H19N5O2/c1-34-20-9-6-18(7-10-20)23-22-11-8-17-4-2-3-5-21(17)25(22)35-28-24(23)27-31-26(32-33(27)16-30-28)19-12-14-29-15-13-19/h2-16,23H,1H3. The first-order chi connectivity index (χ1) is 17.3. The molecule has 0 saturated carbocycles. The average Bonchev–Trinajstić information content (AvgIpc) is 3.37. The van der Waals surface area contributed by atoms with Gasteiger partial charge in [-0.2, -0.15) is 0 Å². The minimum atomic E-state index is -0.144. The molecule has 0 radical (unpaired) electrons. The van der Waals surface area contributed by atoms with Crippen LogP contribution in [0.15, 0.2) is 91.5 Å². The SMILES string of the molecule is COc1ccc(C2c3ccc4ccccc4c3Oc3ncn4nc(-c5ccncc5)nc4c32)cc1. The number of hydrogen-bond donors (Lipinski definition) is 0. The first-order valence-corrected chi connectivity index (χ1v) is 11.3. The molecule has 1 atom stereocenters. The molecule has 168 valence electrons. The van der Waals surface area contributed by atoms with Crippen LogP contribution in [0.25, 0.3) is 27.8 Å². The zero-order valence-electron chi connectivity index (χ0n) is 18.8. The number of pyridine rings is 1. The third kappa shape index (κ3) is 3.05. The van der Waals surface area contributed by atoms with E-state index in [0.717, 1.165) is 44.5 Å². The first-order valence-electron chi connectivity index (χ1n) is 11.3. The van der Waals surface area contributed by atoms with Gasteiger partial charge in [-0.05, 0) is 35.2 Å². The molecule has 7 nitrogen and oxygen atoms in total. The Balaban J connectivity index is 1.51. The number of nitrogens with zero attached hydrogens (tertiary/aromatic N) is 5. The summed E-state index contributed by atoms with van der Waals surface area (Å²) in [4.78, 5) is 13.7. The van der Waals surface area contributed by atoms with Gasteiger partial charge >= 0.3 is 0 Å². The van der Waals surface area contributed by atoms with Crippen LogP contribution in [0.4, 0.5) is 0 Å². The fourth-order valence-corrected chi connectivity index (χ4v) is 4.81. The van der Waals surface area contributed by atoms with Crippen LogP contribution >= 0.6 is 0 Å². The van der Waals surface area contributed by atoms with E-state index in [4.69, 9.17) is 19.6 Å². The van der Waals surface area contributed by atoms with Crippen molar-refractivity contribution in [3.63, 3.8) is 0 Å². The molecule has 1 aliphatic rings. The van der Waals surface area contributed by atoms with Gasteiger partial charge in [-0.1, -0.05) is 48.5 Å². The van der Waals surface area contributed by atoms with Crippen molar-refractivity contribution in [2.75, 3.05) is 7.11 Å². The average molecular weight is 457 g/mol. The molecule has 0 amide bonds. The summed E-state index contributed by atoms with van der Waals surface area (Å²) in [6.45, 7) is 0. The highest BCUT2D eigenvalue weighted by molar-refractivity contribution is 5.91. The van der Waals surface area contributed by atoms with E-state index in [1.165, 1.54) is 0 Å². The molecule has 1 aliphatic heterocycles. The molecule has 0 bridgehead atoms. The van der Waals surface area contributed by atoms with Crippen LogP contribution in [-0.2, 0) is 0 Å². The van der Waals surface area contributed by atoms with Gasteiger partial charge in [0, 0.05) is 34.8 Å². The second-order valence-electron chi connectivity index (χ2n) is 8.42. The molecule has 1 unspecified atom stereocenters. The molecule has 4 heterocycles. The van der Waals surface area contributed by atoms with Gasteiger partial charge in [0.25, 0.3) is 0 Å². The third-order valence-corrected chi connectivity index (χ3v) is 6.48. The van der Waals surface area contributed by atoms with Gasteiger partial charge < -0.3 is 9.47 Å². The minimum absolute atomic E-state index is 0.144. The smallest absolute Gasteiger partial charge is 0.228 e. The van der Waals surface area contributed by atoms with Gasteiger partial charge in [0.05, 0.1) is 12.7 Å². The van der Waals surface area contributed by atoms with Gasteiger partial charge in [0.15, 0.2) is 11.5 Å². The number of methoxy groups -OCH3 is 1. The predicted octanol–water partition coefficient (Wildman–Crippen LogP) is 5.63. The highest BCUT2D eigenvalue weighted by Crippen LogP contribution is 2.50. The van der Waals surface area contributed by atoms with Crippen molar-refractivity contribution in [3.05, 3.63) is 108 Å². The zero-order valence-corrected chi connectivity index (χ0v) is 18.8. The van der Waals surface area contributed by atoms with E-state index < -0.39 is 0 Å². The Morgan fingerprint density at radius 3 is 2.57 bits per heavy atom. The molecule has 3 aromatic heterocycles. The summed E-state index contributed by atoms with van der Waals surface area (Å²) in [5, 5.41) is 6.86. The van der Waals surface area contributed by atoms with Gasteiger partial charge in [-0.25, -0.2) is 14.5 Å². The van der Waals surface area contributed by atoms with Gasteiger partial charge in [0.1, 0.15) is 17.8 Å². The van der Waals surface area contributed by atoms with E-state index in [2.05, 4.69) is 46.4 Å². The maximum absolute atomic E-state index is 6.48. The van der Waals surface area contributed by atoms with E-state index >= 15 is 0 Å². The van der Waals surface area contributed by atoms with Crippen LogP contribution in [0.3, 0.4) is 0 Å². The first kappa shape index (κ1) is 19.7. The number of benzene rings is 3. The molecule has 0 saturated heterocycles. The second-order valence-corrected chi connectivity index (χ2v) is 8.42. The summed E-state index contributed by atoms with van der Waals surface area (Å²) >= 11 is 0. The Kier molecular flexibility index (Phi) is 4.29. The summed E-state index contributed by atoms with van der Waals surface area (Å²) in [5.41, 5.74) is 4.64. The van der Waals surface area contributed by atoms with Crippen LogP contribution in [0, 0.1) is 0 Å². The second kappa shape index (κ2) is 7.63. The largest absolute Gasteiger partial charge is 0.497 e. The monoisotopic (exact) mass is 457 g/mol. The topological polar surface area (TPSA) is 74.4 Å². The lowest BCUT2D eigenvalue weighted by Crippen LogP contribution is -2.15. The maximum atomic E-state index is 6.48. The van der Waals surface area contributed by atoms with E-state index in [-0.39, 0.29) is 5.92 Å². The fraction of sp³-hybridized carbons (Fsp3) is 0.0714. The van der Waals surface area contributed by atoms with Crippen molar-refractivity contribution >= 4 is 16.4 Å². The predicted molar refractivity (Wildman–Crippen MR) is 132 cm³/mol. The summed E-state index contributed by atoms with van der Waals surface area (Å²) in [6, 6.07) is 24.4. The molecule has 35 heavy (non-hydrogen) atoms. The van der Waals surface area contributed by atoms with Gasteiger partial charge in [-0.15, -0.1) is 5.10 Å². The van der Waals surface area contributed by atoms with E-state index in [0.29, 0.717) is 17.4 Å². The lowest BCUT2D eigenvalue weighted by Gasteiger charge is -2.28. The Labute approximate surface area is 200 Å². The normalized spacial score (nSPS) is 14.4. The number of ether oxygens (including phenoxy) is 2. The maximum Gasteiger partial charge on any atom is 0.228 e. The van der Waals surface area contributed by atoms with Crippen LogP contribution < -0.4 is 9.47 Å². The fourth-order valence-electron chi connectivity index (χ4n) is 4.81. The van der Waals surface area contributed by atoms with Gasteiger partial charge in [0.2, 0.25) is 5.88 Å². The quantitative estimate of drug-likeness (QED) is 0.342. The molecule has 0 fully saturated rings. The molecule has 0 aliphatic carbocycles. The van der Waals surface area contributed by atoms with Crippen LogP contribution in [0.1, 0.15) is 22.6 Å². The molecule has 3 aromatic carbocycles. The van der Waals surface area contributed by atoms with E-state index in [9.17, 15) is 0 Å². The van der Waals surface area contributed by atoms with Crippen molar-refractivity contribution in [1.29, 1.82) is 0 Å². The third-order valence-electron chi connectivity index (χ3n) is 6.48. The highest BCUT2D eigenvalue weighted by Gasteiger charge is 2.34. The Bertz CT molecular complexity index is 1710. The Morgan fingerprint density at radius 1 is 0.914 bits per heavy atom. The van der Waals surface area contributed by atoms with E-state index in [1.807, 2.05) is 36.4 Å². The van der Waals surface area contributed by atoms with Crippen molar-refractivity contribution < 1.29 is 9.47 Å². The zero-order chi connectivity index (χ0) is 23.4. The lowest BCUT2D eigenvalue weighted by atomic mass is 9.83. The number of rotatable bonds is 3. The van der Waals surface area contributed by atoms with Crippen molar-refractivity contribution in [2.45, 2.75) is 5.92 Å². The lowest BCUT2D eigenvalue weighted by molar-refractivity contribution is 0.414. The van der Waals surface area contributed by atoms with Crippen LogP contribution in [0.2, 0.25) is 0 Å². The summed E-state index contributed by atoms with van der Waals surface area (Å²) in [5.74, 6) is 2.63. The number of hydrogen-bond acceptors (Lipinski definition) is 6. The molecular weight excluding hydrogens is 438 g/mol.